The van der Waals surface area contributed by atoms with Crippen LogP contribution in [0.15, 0.2) is 23.1 Å². The van der Waals surface area contributed by atoms with Gasteiger partial charge in [-0.05, 0) is 24.5 Å². The second-order valence-corrected chi connectivity index (χ2v) is 7.03. The molecule has 1 unspecified atom stereocenters. The van der Waals surface area contributed by atoms with E-state index in [0.717, 1.165) is 0 Å². The van der Waals surface area contributed by atoms with E-state index in [-0.39, 0.29) is 15.2 Å². The van der Waals surface area contributed by atoms with Crippen LogP contribution in [-0.4, -0.2) is 26.5 Å². The summed E-state index contributed by atoms with van der Waals surface area (Å²) in [6.45, 7) is 2.33. The SMILES string of the molecule is CSC(C)CNS(=O)(=O)c1ccc(N)c(Cl)c1. The van der Waals surface area contributed by atoms with E-state index in [2.05, 4.69) is 4.72 Å². The van der Waals surface area contributed by atoms with E-state index in [1.807, 2.05) is 13.2 Å². The summed E-state index contributed by atoms with van der Waals surface area (Å²) in [4.78, 5) is 0.130. The van der Waals surface area contributed by atoms with Crippen LogP contribution < -0.4 is 10.5 Å². The van der Waals surface area contributed by atoms with Gasteiger partial charge in [-0.15, -0.1) is 0 Å². The highest BCUT2D eigenvalue weighted by Crippen LogP contribution is 2.22. The smallest absolute Gasteiger partial charge is 0.240 e. The van der Waals surface area contributed by atoms with E-state index in [9.17, 15) is 8.42 Å². The standard InChI is InChI=1S/C10H15ClN2O2S2/c1-7(16-2)6-13-17(14,15)8-3-4-10(12)9(11)5-8/h3-5,7,13H,6,12H2,1-2H3. The molecular formula is C10H15ClN2O2S2. The molecule has 1 atom stereocenters. The number of nitrogens with two attached hydrogens (primary N) is 1. The van der Waals surface area contributed by atoms with E-state index in [0.29, 0.717) is 12.2 Å². The first-order chi connectivity index (χ1) is 7.86. The van der Waals surface area contributed by atoms with E-state index < -0.39 is 10.0 Å². The fourth-order valence-electron chi connectivity index (χ4n) is 1.07. The molecule has 1 rings (SSSR count). The van der Waals surface area contributed by atoms with Crippen LogP contribution in [0.3, 0.4) is 0 Å². The van der Waals surface area contributed by atoms with Crippen LogP contribution >= 0.6 is 23.4 Å². The first-order valence-electron chi connectivity index (χ1n) is 4.94. The summed E-state index contributed by atoms with van der Waals surface area (Å²) in [6, 6.07) is 4.27. The highest BCUT2D eigenvalue weighted by molar-refractivity contribution is 7.99. The lowest BCUT2D eigenvalue weighted by molar-refractivity contribution is 0.581. The summed E-state index contributed by atoms with van der Waals surface area (Å²) >= 11 is 7.38. The van der Waals surface area contributed by atoms with Crippen molar-refractivity contribution in [2.45, 2.75) is 17.1 Å². The predicted octanol–water partition coefficient (Wildman–Crippen LogP) is 1.95. The van der Waals surface area contributed by atoms with Gasteiger partial charge in [0.2, 0.25) is 10.0 Å². The molecule has 4 nitrogen and oxygen atoms in total. The van der Waals surface area contributed by atoms with E-state index >= 15 is 0 Å². The summed E-state index contributed by atoms with van der Waals surface area (Å²) in [7, 11) is -3.51. The van der Waals surface area contributed by atoms with Gasteiger partial charge in [-0.1, -0.05) is 18.5 Å². The van der Waals surface area contributed by atoms with Crippen molar-refractivity contribution >= 4 is 39.1 Å². The van der Waals surface area contributed by atoms with Crippen molar-refractivity contribution in [3.63, 3.8) is 0 Å². The van der Waals surface area contributed by atoms with Gasteiger partial charge in [0.05, 0.1) is 15.6 Å². The van der Waals surface area contributed by atoms with Gasteiger partial charge in [0.1, 0.15) is 0 Å². The zero-order chi connectivity index (χ0) is 13.1. The van der Waals surface area contributed by atoms with Crippen LogP contribution in [0.1, 0.15) is 6.92 Å². The molecule has 0 spiro atoms. The lowest BCUT2D eigenvalue weighted by Crippen LogP contribution is -2.29. The molecule has 0 aromatic heterocycles. The van der Waals surface area contributed by atoms with Gasteiger partial charge in [-0.2, -0.15) is 11.8 Å². The minimum absolute atomic E-state index is 0.130. The fraction of sp³-hybridized carbons (Fsp3) is 0.400. The number of nitrogen functional groups attached to an aromatic ring is 1. The number of hydrogen-bond acceptors (Lipinski definition) is 4. The number of hydrogen-bond donors (Lipinski definition) is 2. The van der Waals surface area contributed by atoms with Gasteiger partial charge in [0.15, 0.2) is 0 Å². The third kappa shape index (κ3) is 4.06. The minimum atomic E-state index is -3.51. The van der Waals surface area contributed by atoms with Gasteiger partial charge in [-0.3, -0.25) is 0 Å². The molecule has 17 heavy (non-hydrogen) atoms. The Morgan fingerprint density at radius 2 is 2.18 bits per heavy atom. The summed E-state index contributed by atoms with van der Waals surface area (Å²) in [5.74, 6) is 0. The van der Waals surface area contributed by atoms with Crippen molar-refractivity contribution in [2.24, 2.45) is 0 Å². The molecule has 0 bridgehead atoms. The number of benzene rings is 1. The predicted molar refractivity (Wildman–Crippen MR) is 74.0 cm³/mol. The van der Waals surface area contributed by atoms with Crippen molar-refractivity contribution in [1.29, 1.82) is 0 Å². The molecule has 0 aliphatic carbocycles. The van der Waals surface area contributed by atoms with Crippen LogP contribution in [0, 0.1) is 0 Å². The second-order valence-electron chi connectivity index (χ2n) is 3.58. The molecule has 3 N–H and O–H groups in total. The van der Waals surface area contributed by atoms with Crippen molar-refractivity contribution in [3.05, 3.63) is 23.2 Å². The summed E-state index contributed by atoms with van der Waals surface area (Å²) in [5.41, 5.74) is 5.89. The zero-order valence-electron chi connectivity index (χ0n) is 9.60. The minimum Gasteiger partial charge on any atom is -0.398 e. The van der Waals surface area contributed by atoms with E-state index in [4.69, 9.17) is 17.3 Å². The molecule has 96 valence electrons. The first-order valence-corrected chi connectivity index (χ1v) is 8.09. The monoisotopic (exact) mass is 294 g/mol. The molecule has 1 aromatic carbocycles. The van der Waals surface area contributed by atoms with Crippen molar-refractivity contribution < 1.29 is 8.42 Å². The van der Waals surface area contributed by atoms with Crippen LogP contribution in [0.5, 0.6) is 0 Å². The van der Waals surface area contributed by atoms with Crippen molar-refractivity contribution in [1.82, 2.24) is 4.72 Å². The van der Waals surface area contributed by atoms with Crippen molar-refractivity contribution in [2.75, 3.05) is 18.5 Å². The van der Waals surface area contributed by atoms with Gasteiger partial charge < -0.3 is 5.73 Å². The summed E-state index contributed by atoms with van der Waals surface area (Å²) in [6.07, 6.45) is 1.93. The highest BCUT2D eigenvalue weighted by atomic mass is 35.5. The Kier molecular flexibility index (Phi) is 5.12. The fourth-order valence-corrected chi connectivity index (χ4v) is 2.83. The Bertz CT molecular complexity index is 491. The lowest BCUT2D eigenvalue weighted by atomic mass is 10.3. The number of anilines is 1. The van der Waals surface area contributed by atoms with Gasteiger partial charge in [0, 0.05) is 11.8 Å². The number of halogens is 1. The van der Waals surface area contributed by atoms with Crippen LogP contribution in [0.4, 0.5) is 5.69 Å². The van der Waals surface area contributed by atoms with Gasteiger partial charge in [-0.25, -0.2) is 13.1 Å². The number of nitrogens with one attached hydrogen (secondary N) is 1. The molecule has 0 aliphatic rings. The van der Waals surface area contributed by atoms with Crippen LogP contribution in [0.2, 0.25) is 5.02 Å². The molecule has 0 aliphatic heterocycles. The first kappa shape index (κ1) is 14.6. The molecule has 0 saturated heterocycles. The molecule has 0 radical (unpaired) electrons. The zero-order valence-corrected chi connectivity index (χ0v) is 12.0. The summed E-state index contributed by atoms with van der Waals surface area (Å²) in [5, 5.41) is 0.458. The lowest BCUT2D eigenvalue weighted by Gasteiger charge is -2.11. The molecular weight excluding hydrogens is 280 g/mol. The molecule has 0 heterocycles. The van der Waals surface area contributed by atoms with E-state index in [1.54, 1.807) is 11.8 Å². The molecule has 0 fully saturated rings. The average Bonchev–Trinajstić information content (AvgIpc) is 2.29. The Labute approximate surface area is 111 Å². The highest BCUT2D eigenvalue weighted by Gasteiger charge is 2.15. The largest absolute Gasteiger partial charge is 0.398 e. The molecule has 1 aromatic rings. The Hall–Kier alpha value is -0.430. The maximum Gasteiger partial charge on any atom is 0.240 e. The maximum atomic E-state index is 11.9. The molecule has 7 heteroatoms. The number of sulfonamides is 1. The third-order valence-corrected chi connectivity index (χ3v) is 4.97. The Morgan fingerprint density at radius 1 is 1.53 bits per heavy atom. The third-order valence-electron chi connectivity index (χ3n) is 2.25. The van der Waals surface area contributed by atoms with Crippen molar-refractivity contribution in [3.8, 4) is 0 Å². The number of rotatable bonds is 5. The average molecular weight is 295 g/mol. The van der Waals surface area contributed by atoms with Crippen LogP contribution in [0.25, 0.3) is 0 Å². The molecule has 0 saturated carbocycles. The van der Waals surface area contributed by atoms with Gasteiger partial charge >= 0.3 is 0 Å². The summed E-state index contributed by atoms with van der Waals surface area (Å²) < 4.78 is 26.3. The topological polar surface area (TPSA) is 72.2 Å². The Balaban J connectivity index is 2.86. The number of thioether (sulfide) groups is 1. The maximum absolute atomic E-state index is 11.9. The van der Waals surface area contributed by atoms with Crippen LogP contribution in [-0.2, 0) is 10.0 Å². The second kappa shape index (κ2) is 5.95. The normalized spacial score (nSPS) is 13.6. The van der Waals surface area contributed by atoms with Gasteiger partial charge in [0.25, 0.3) is 0 Å². The van der Waals surface area contributed by atoms with E-state index in [1.165, 1.54) is 18.2 Å². The Morgan fingerprint density at radius 3 is 2.71 bits per heavy atom. The molecule has 0 amide bonds. The quantitative estimate of drug-likeness (QED) is 0.814.